The molecule has 0 unspecified atom stereocenters. The van der Waals surface area contributed by atoms with E-state index in [0.717, 1.165) is 12.8 Å². The second kappa shape index (κ2) is 7.48. The maximum absolute atomic E-state index is 11.3. The molecule has 0 heterocycles. The molecule has 0 spiro atoms. The average Bonchev–Trinajstić information content (AvgIpc) is 2.39. The van der Waals surface area contributed by atoms with Crippen molar-refractivity contribution in [1.29, 1.82) is 0 Å². The molecule has 0 saturated heterocycles. The van der Waals surface area contributed by atoms with Gasteiger partial charge < -0.3 is 10.1 Å². The van der Waals surface area contributed by atoms with Gasteiger partial charge in [0.15, 0.2) is 0 Å². The topological polar surface area (TPSA) is 55.4 Å². The number of esters is 1. The predicted octanol–water partition coefficient (Wildman–Crippen LogP) is 1.47. The highest BCUT2D eigenvalue weighted by Crippen LogP contribution is 2.05. The molecule has 1 aromatic carbocycles. The third-order valence-electron chi connectivity index (χ3n) is 2.70. The number of benzene rings is 1. The van der Waals surface area contributed by atoms with Crippen LogP contribution < -0.4 is 5.32 Å². The minimum absolute atomic E-state index is 0.217. The Kier molecular flexibility index (Phi) is 5.91. The first kappa shape index (κ1) is 14.2. The van der Waals surface area contributed by atoms with Gasteiger partial charge in [-0.15, -0.1) is 0 Å². The smallest absolute Gasteiger partial charge is 0.315 e. The van der Waals surface area contributed by atoms with Crippen LogP contribution in [0.1, 0.15) is 24.5 Å². The number of hydrogen-bond acceptors (Lipinski definition) is 3. The number of methoxy groups -OCH3 is 1. The summed E-state index contributed by atoms with van der Waals surface area (Å²) in [5.41, 5.74) is 2.47. The van der Waals surface area contributed by atoms with Gasteiger partial charge in [0.05, 0.1) is 7.11 Å². The molecule has 0 saturated carbocycles. The number of aryl methyl sites for hydroxylation is 1. The van der Waals surface area contributed by atoms with Crippen molar-refractivity contribution in [2.45, 2.75) is 26.2 Å². The summed E-state index contributed by atoms with van der Waals surface area (Å²) >= 11 is 0. The van der Waals surface area contributed by atoms with Gasteiger partial charge in [0.25, 0.3) is 0 Å². The molecule has 1 aromatic rings. The van der Waals surface area contributed by atoms with Gasteiger partial charge in [0, 0.05) is 6.54 Å². The predicted molar refractivity (Wildman–Crippen MR) is 69.2 cm³/mol. The minimum atomic E-state index is -0.514. The fourth-order valence-corrected chi connectivity index (χ4v) is 1.55. The zero-order valence-electron chi connectivity index (χ0n) is 10.9. The fraction of sp³-hybridized carbons (Fsp3) is 0.429. The van der Waals surface area contributed by atoms with Gasteiger partial charge >= 0.3 is 5.97 Å². The van der Waals surface area contributed by atoms with Crippen LogP contribution in [0.3, 0.4) is 0 Å². The molecule has 0 bridgehead atoms. The molecule has 1 rings (SSSR count). The van der Waals surface area contributed by atoms with E-state index in [2.05, 4.69) is 41.2 Å². The van der Waals surface area contributed by atoms with Crippen molar-refractivity contribution in [2.75, 3.05) is 13.7 Å². The standard InChI is InChI=1S/C14H19NO3/c1-3-11-4-6-12(7-5-11)8-9-15-13(16)10-14(17)18-2/h4-7H,3,8-10H2,1-2H3,(H,15,16). The summed E-state index contributed by atoms with van der Waals surface area (Å²) in [5.74, 6) is -0.813. The van der Waals surface area contributed by atoms with E-state index in [1.54, 1.807) is 0 Å². The van der Waals surface area contributed by atoms with Gasteiger partial charge in [-0.3, -0.25) is 9.59 Å². The molecule has 0 radical (unpaired) electrons. The lowest BCUT2D eigenvalue weighted by molar-refractivity contribution is -0.143. The number of ether oxygens (including phenoxy) is 1. The van der Waals surface area contributed by atoms with Crippen LogP contribution in [0.2, 0.25) is 0 Å². The Morgan fingerprint density at radius 3 is 2.33 bits per heavy atom. The van der Waals surface area contributed by atoms with E-state index in [1.807, 2.05) is 0 Å². The summed E-state index contributed by atoms with van der Waals surface area (Å²) in [7, 11) is 1.27. The average molecular weight is 249 g/mol. The number of hydrogen-bond donors (Lipinski definition) is 1. The summed E-state index contributed by atoms with van der Waals surface area (Å²) in [6.45, 7) is 2.64. The van der Waals surface area contributed by atoms with E-state index >= 15 is 0 Å². The quantitative estimate of drug-likeness (QED) is 0.613. The highest BCUT2D eigenvalue weighted by atomic mass is 16.5. The molecule has 4 nitrogen and oxygen atoms in total. The molecule has 0 aromatic heterocycles. The maximum Gasteiger partial charge on any atom is 0.315 e. The lowest BCUT2D eigenvalue weighted by Crippen LogP contribution is -2.28. The molecule has 1 N–H and O–H groups in total. The molecular weight excluding hydrogens is 230 g/mol. The second-order valence-corrected chi connectivity index (χ2v) is 4.02. The van der Waals surface area contributed by atoms with Crippen LogP contribution in [0.4, 0.5) is 0 Å². The number of carbonyl (C=O) groups is 2. The molecule has 0 fully saturated rings. The third kappa shape index (κ3) is 4.99. The van der Waals surface area contributed by atoms with Crippen molar-refractivity contribution in [2.24, 2.45) is 0 Å². The lowest BCUT2D eigenvalue weighted by Gasteiger charge is -2.05. The minimum Gasteiger partial charge on any atom is -0.469 e. The van der Waals surface area contributed by atoms with E-state index < -0.39 is 5.97 Å². The molecule has 18 heavy (non-hydrogen) atoms. The maximum atomic E-state index is 11.3. The largest absolute Gasteiger partial charge is 0.469 e. The second-order valence-electron chi connectivity index (χ2n) is 4.02. The van der Waals surface area contributed by atoms with E-state index in [0.29, 0.717) is 6.54 Å². The summed E-state index contributed by atoms with van der Waals surface area (Å²) in [6, 6.07) is 8.30. The molecule has 98 valence electrons. The first-order chi connectivity index (χ1) is 8.65. The molecule has 0 aliphatic heterocycles. The van der Waals surface area contributed by atoms with Crippen LogP contribution in [0.25, 0.3) is 0 Å². The van der Waals surface area contributed by atoms with Crippen LogP contribution in [0.5, 0.6) is 0 Å². The van der Waals surface area contributed by atoms with Gasteiger partial charge in [-0.05, 0) is 24.0 Å². The zero-order chi connectivity index (χ0) is 13.4. The normalized spacial score (nSPS) is 9.89. The Bertz CT molecular complexity index is 398. The van der Waals surface area contributed by atoms with Gasteiger partial charge in [-0.1, -0.05) is 31.2 Å². The van der Waals surface area contributed by atoms with Crippen LogP contribution in [0, 0.1) is 0 Å². The molecule has 0 atom stereocenters. The summed E-state index contributed by atoms with van der Waals surface area (Å²) in [5, 5.41) is 2.69. The molecular formula is C14H19NO3. The van der Waals surface area contributed by atoms with Crippen molar-refractivity contribution in [3.05, 3.63) is 35.4 Å². The summed E-state index contributed by atoms with van der Waals surface area (Å²) in [4.78, 5) is 22.1. The zero-order valence-corrected chi connectivity index (χ0v) is 10.9. The van der Waals surface area contributed by atoms with E-state index in [1.165, 1.54) is 18.2 Å². The number of nitrogens with one attached hydrogen (secondary N) is 1. The lowest BCUT2D eigenvalue weighted by atomic mass is 10.1. The monoisotopic (exact) mass is 249 g/mol. The Morgan fingerprint density at radius 1 is 1.17 bits per heavy atom. The van der Waals surface area contributed by atoms with Gasteiger partial charge in [-0.2, -0.15) is 0 Å². The van der Waals surface area contributed by atoms with E-state index in [4.69, 9.17) is 0 Å². The highest BCUT2D eigenvalue weighted by Gasteiger charge is 2.08. The SMILES string of the molecule is CCc1ccc(CCNC(=O)CC(=O)OC)cc1. The molecule has 0 aliphatic carbocycles. The molecule has 1 amide bonds. The van der Waals surface area contributed by atoms with Crippen molar-refractivity contribution < 1.29 is 14.3 Å². The van der Waals surface area contributed by atoms with E-state index in [-0.39, 0.29) is 12.3 Å². The number of rotatable bonds is 6. The van der Waals surface area contributed by atoms with Crippen molar-refractivity contribution in [3.8, 4) is 0 Å². The van der Waals surface area contributed by atoms with Crippen molar-refractivity contribution in [3.63, 3.8) is 0 Å². The van der Waals surface area contributed by atoms with Crippen molar-refractivity contribution in [1.82, 2.24) is 5.32 Å². The third-order valence-corrected chi connectivity index (χ3v) is 2.70. The Balaban J connectivity index is 2.28. The fourth-order valence-electron chi connectivity index (χ4n) is 1.55. The Hall–Kier alpha value is -1.84. The highest BCUT2D eigenvalue weighted by molar-refractivity contribution is 5.94. The first-order valence-electron chi connectivity index (χ1n) is 6.07. The van der Waals surface area contributed by atoms with E-state index in [9.17, 15) is 9.59 Å². The number of amides is 1. The van der Waals surface area contributed by atoms with Crippen LogP contribution in [0.15, 0.2) is 24.3 Å². The van der Waals surface area contributed by atoms with Gasteiger partial charge in [0.2, 0.25) is 5.91 Å². The van der Waals surface area contributed by atoms with Crippen molar-refractivity contribution >= 4 is 11.9 Å². The van der Waals surface area contributed by atoms with Crippen LogP contribution in [-0.4, -0.2) is 25.5 Å². The van der Waals surface area contributed by atoms with Crippen LogP contribution in [-0.2, 0) is 27.2 Å². The van der Waals surface area contributed by atoms with Gasteiger partial charge in [-0.25, -0.2) is 0 Å². The Morgan fingerprint density at radius 2 is 1.78 bits per heavy atom. The van der Waals surface area contributed by atoms with Gasteiger partial charge in [0.1, 0.15) is 6.42 Å². The summed E-state index contributed by atoms with van der Waals surface area (Å²) in [6.07, 6.45) is 1.57. The Labute approximate surface area is 107 Å². The summed E-state index contributed by atoms with van der Waals surface area (Å²) < 4.78 is 4.41. The van der Waals surface area contributed by atoms with Crippen LogP contribution >= 0.6 is 0 Å². The molecule has 4 heteroatoms. The number of carbonyl (C=O) groups excluding carboxylic acids is 2. The first-order valence-corrected chi connectivity index (χ1v) is 6.07. The molecule has 0 aliphatic rings.